The van der Waals surface area contributed by atoms with Crippen molar-refractivity contribution in [2.75, 3.05) is 42.6 Å². The fourth-order valence-electron chi connectivity index (χ4n) is 7.99. The second kappa shape index (κ2) is 14.8. The van der Waals surface area contributed by atoms with Gasteiger partial charge >= 0.3 is 5.97 Å². The zero-order valence-corrected chi connectivity index (χ0v) is 29.2. The molecule has 2 N–H and O–H groups in total. The molecule has 0 radical (unpaired) electrons. The van der Waals surface area contributed by atoms with E-state index in [1.54, 1.807) is 23.1 Å². The van der Waals surface area contributed by atoms with Gasteiger partial charge in [0, 0.05) is 37.4 Å². The number of ether oxygens (including phenoxy) is 2. The Kier molecular flexibility index (Phi) is 10.5. The van der Waals surface area contributed by atoms with Crippen molar-refractivity contribution < 1.29 is 33.8 Å². The van der Waals surface area contributed by atoms with Crippen molar-refractivity contribution in [3.05, 3.63) is 84.5 Å². The third-order valence-corrected chi connectivity index (χ3v) is 10.6. The molecule has 2 saturated heterocycles. The van der Waals surface area contributed by atoms with E-state index < -0.39 is 53.6 Å². The van der Waals surface area contributed by atoms with E-state index in [4.69, 9.17) is 9.47 Å². The number of nitrogens with zero attached hydrogens (tertiary/aromatic N) is 3. The zero-order valence-electron chi connectivity index (χ0n) is 29.2. The van der Waals surface area contributed by atoms with Crippen LogP contribution in [0.25, 0.3) is 0 Å². The normalized spacial score (nSPS) is 29.6. The van der Waals surface area contributed by atoms with Crippen LogP contribution in [0.5, 0.6) is 0 Å². The van der Waals surface area contributed by atoms with Crippen molar-refractivity contribution in [1.82, 2.24) is 10.2 Å². The van der Waals surface area contributed by atoms with Crippen LogP contribution in [-0.4, -0.2) is 90.3 Å². The number of esters is 1. The Morgan fingerprint density at radius 3 is 2.36 bits per heavy atom. The lowest BCUT2D eigenvalue weighted by Crippen LogP contribution is -2.59. The zero-order chi connectivity index (χ0) is 35.6. The maximum absolute atomic E-state index is 14.9. The average molecular weight is 685 g/mol. The van der Waals surface area contributed by atoms with Gasteiger partial charge in [0.1, 0.15) is 23.7 Å². The molecule has 4 aliphatic heterocycles. The summed E-state index contributed by atoms with van der Waals surface area (Å²) >= 11 is 0. The average Bonchev–Trinajstić information content (AvgIpc) is 3.50. The molecule has 2 aromatic carbocycles. The molecule has 11 heteroatoms. The van der Waals surface area contributed by atoms with Crippen molar-refractivity contribution in [2.45, 2.75) is 70.4 Å². The maximum Gasteiger partial charge on any atom is 0.313 e. The summed E-state index contributed by atoms with van der Waals surface area (Å²) in [6.07, 6.45) is 6.04. The number of likely N-dealkylation sites (tertiary alicyclic amines) is 1. The Morgan fingerprint density at radius 2 is 1.70 bits per heavy atom. The van der Waals surface area contributed by atoms with Gasteiger partial charge in [0.15, 0.2) is 0 Å². The minimum Gasteiger partial charge on any atom is -0.455 e. The topological polar surface area (TPSA) is 129 Å². The Bertz CT molecular complexity index is 1620. The SMILES string of the molecule is CCN(CC)c1ccc(N2CC=C[C@@]34O[C@H]5/C=C\CCC(=O)NC[C@H](c6ccccc6)OC(=O)[C@H]5[C@@H]3C(=O)N([C@@H](CO)C(C)C)[C@H]4C2=O)cc1. The van der Waals surface area contributed by atoms with Crippen LogP contribution >= 0.6 is 0 Å². The van der Waals surface area contributed by atoms with Crippen molar-refractivity contribution in [1.29, 1.82) is 0 Å². The summed E-state index contributed by atoms with van der Waals surface area (Å²) in [6, 6.07) is 15.1. The molecule has 11 nitrogen and oxygen atoms in total. The molecular formula is C39H48N4O7. The number of rotatable bonds is 8. The summed E-state index contributed by atoms with van der Waals surface area (Å²) in [4.78, 5) is 62.1. The summed E-state index contributed by atoms with van der Waals surface area (Å²) in [5, 5.41) is 13.5. The largest absolute Gasteiger partial charge is 0.455 e. The highest BCUT2D eigenvalue weighted by Crippen LogP contribution is 2.54. The van der Waals surface area contributed by atoms with Crippen molar-refractivity contribution in [3.8, 4) is 0 Å². The number of hydrogen-bond acceptors (Lipinski definition) is 8. The summed E-state index contributed by atoms with van der Waals surface area (Å²) in [7, 11) is 0. The second-order valence-corrected chi connectivity index (χ2v) is 13.7. The Balaban J connectivity index is 1.43. The van der Waals surface area contributed by atoms with E-state index in [-0.39, 0.29) is 43.8 Å². The number of cyclic esters (lactones) is 1. The van der Waals surface area contributed by atoms with Gasteiger partial charge in [-0.25, -0.2) is 0 Å². The smallest absolute Gasteiger partial charge is 0.313 e. The minimum atomic E-state index is -1.51. The number of fused-ring (bicyclic) bond motifs is 2. The highest BCUT2D eigenvalue weighted by atomic mass is 16.6. The van der Waals surface area contributed by atoms with Crippen LogP contribution in [0.1, 0.15) is 52.2 Å². The fraction of sp³-hybridized carbons (Fsp3) is 0.487. The number of benzene rings is 2. The van der Waals surface area contributed by atoms with E-state index in [1.165, 1.54) is 4.90 Å². The third-order valence-electron chi connectivity index (χ3n) is 10.6. The molecule has 1 spiro atoms. The number of nitrogens with one attached hydrogen (secondary N) is 1. The Morgan fingerprint density at radius 1 is 0.980 bits per heavy atom. The lowest BCUT2D eigenvalue weighted by atomic mass is 9.77. The minimum absolute atomic E-state index is 0.0649. The number of aliphatic hydroxyl groups excluding tert-OH is 1. The van der Waals surface area contributed by atoms with Crippen LogP contribution in [0.4, 0.5) is 11.4 Å². The number of amides is 3. The molecule has 2 aromatic rings. The van der Waals surface area contributed by atoms with Gasteiger partial charge in [-0.3, -0.25) is 19.2 Å². The van der Waals surface area contributed by atoms with Crippen molar-refractivity contribution in [3.63, 3.8) is 0 Å². The number of allylic oxidation sites excluding steroid dienone is 1. The fourth-order valence-corrected chi connectivity index (χ4v) is 7.99. The molecule has 6 rings (SSSR count). The number of carbonyl (C=O) groups excluding carboxylic acids is 4. The predicted octanol–water partition coefficient (Wildman–Crippen LogP) is 3.78. The van der Waals surface area contributed by atoms with Crippen LogP contribution in [0.3, 0.4) is 0 Å². The van der Waals surface area contributed by atoms with Crippen LogP contribution in [0.2, 0.25) is 0 Å². The van der Waals surface area contributed by atoms with Crippen LogP contribution in [0.15, 0.2) is 78.9 Å². The molecule has 0 bridgehead atoms. The van der Waals surface area contributed by atoms with Gasteiger partial charge in [-0.15, -0.1) is 0 Å². The molecule has 3 amide bonds. The third kappa shape index (κ3) is 6.33. The van der Waals surface area contributed by atoms with E-state index in [0.717, 1.165) is 18.8 Å². The number of aliphatic hydroxyl groups is 1. The summed E-state index contributed by atoms with van der Waals surface area (Å²) in [5.74, 6) is -4.01. The number of hydrogen-bond donors (Lipinski definition) is 2. The van der Waals surface area contributed by atoms with Crippen molar-refractivity contribution >= 4 is 35.1 Å². The first-order valence-electron chi connectivity index (χ1n) is 17.8. The van der Waals surface area contributed by atoms with Gasteiger partial charge in [0.05, 0.1) is 31.2 Å². The van der Waals surface area contributed by atoms with E-state index in [1.807, 2.05) is 74.5 Å². The Hall–Kier alpha value is -4.48. The second-order valence-electron chi connectivity index (χ2n) is 13.7. The number of anilines is 2. The first kappa shape index (κ1) is 35.3. The molecule has 7 atom stereocenters. The molecule has 4 heterocycles. The quantitative estimate of drug-likeness (QED) is 0.318. The van der Waals surface area contributed by atoms with Gasteiger partial charge in [-0.2, -0.15) is 0 Å². The van der Waals surface area contributed by atoms with Gasteiger partial charge in [-0.05, 0) is 56.0 Å². The molecule has 2 fully saturated rings. The van der Waals surface area contributed by atoms with Crippen LogP contribution < -0.4 is 15.1 Å². The van der Waals surface area contributed by atoms with Gasteiger partial charge < -0.3 is 34.6 Å². The molecule has 4 aliphatic rings. The summed E-state index contributed by atoms with van der Waals surface area (Å²) in [5.41, 5.74) is 0.890. The lowest BCUT2D eigenvalue weighted by Gasteiger charge is -2.40. The van der Waals surface area contributed by atoms with E-state index in [2.05, 4.69) is 24.1 Å². The molecule has 0 aromatic heterocycles. The Labute approximate surface area is 293 Å². The molecule has 0 aliphatic carbocycles. The summed E-state index contributed by atoms with van der Waals surface area (Å²) in [6.45, 7) is 9.58. The molecule has 50 heavy (non-hydrogen) atoms. The number of carbonyl (C=O) groups is 4. The van der Waals surface area contributed by atoms with Crippen LogP contribution in [-0.2, 0) is 28.7 Å². The highest BCUT2D eigenvalue weighted by Gasteiger charge is 2.72. The maximum atomic E-state index is 14.9. The highest BCUT2D eigenvalue weighted by molar-refractivity contribution is 6.05. The molecule has 0 saturated carbocycles. The van der Waals surface area contributed by atoms with Gasteiger partial charge in [-0.1, -0.05) is 68.5 Å². The monoisotopic (exact) mass is 684 g/mol. The molecule has 0 unspecified atom stereocenters. The van der Waals surface area contributed by atoms with E-state index in [9.17, 15) is 24.3 Å². The van der Waals surface area contributed by atoms with Gasteiger partial charge in [0.2, 0.25) is 11.8 Å². The lowest BCUT2D eigenvalue weighted by molar-refractivity contribution is -0.160. The van der Waals surface area contributed by atoms with Gasteiger partial charge in [0.25, 0.3) is 5.91 Å². The van der Waals surface area contributed by atoms with E-state index >= 15 is 0 Å². The summed E-state index contributed by atoms with van der Waals surface area (Å²) < 4.78 is 13.0. The molecular weight excluding hydrogens is 636 g/mol. The van der Waals surface area contributed by atoms with Crippen LogP contribution in [0, 0.1) is 17.8 Å². The first-order valence-corrected chi connectivity index (χ1v) is 17.8. The first-order chi connectivity index (χ1) is 24.1. The molecule has 266 valence electrons. The predicted molar refractivity (Wildman–Crippen MR) is 189 cm³/mol. The van der Waals surface area contributed by atoms with E-state index in [0.29, 0.717) is 17.7 Å². The van der Waals surface area contributed by atoms with Crippen molar-refractivity contribution in [2.24, 2.45) is 17.8 Å². The standard InChI is InChI=1S/C39H48N4O7/c1-5-41(6-2)27-17-19-28(20-18-27)42-22-12-21-39-34(36(46)43(35(39)37(42)47)29(24-44)25(3)4)33-30(50-39)15-10-11-16-32(45)40-23-31(49-38(33)48)26-13-8-7-9-14-26/h7-10,12-15,17-21,25,29-31,33-35,44H,5-6,11,16,22-24H2,1-4H3,(H,40,45)/b15-10-/t29-,30-,31+,33+,34+,35-,39+/m0/s1.